The Balaban J connectivity index is 2.78. The maximum atomic E-state index is 12.3. The smallest absolute Gasteiger partial charge is 0.338 e. The van der Waals surface area contributed by atoms with Crippen molar-refractivity contribution in [3.05, 3.63) is 29.8 Å². The predicted molar refractivity (Wildman–Crippen MR) is 90.9 cm³/mol. The number of nitrogens with zero attached hydrogens (tertiary/aromatic N) is 2. The van der Waals surface area contributed by atoms with E-state index in [1.165, 1.54) is 25.2 Å². The van der Waals surface area contributed by atoms with Gasteiger partial charge in [0.2, 0.25) is 5.91 Å². The Labute approximate surface area is 148 Å². The van der Waals surface area contributed by atoms with E-state index in [9.17, 15) is 19.2 Å². The third-order valence-electron chi connectivity index (χ3n) is 3.02. The molecule has 0 aromatic heterocycles. The highest BCUT2D eigenvalue weighted by Gasteiger charge is 2.23. The standard InChI is InChI=1S/C14H19N7O5/c1-21(14(26)20-19-9(12(24)25)6-10(15)22)11(23)7-3-2-4-8(5-7)18-13(16)17/h2-5,9,19H,6H2,1H3,(H2,15,22)(H,20,26)(H,24,25)(H4,16,17,18)/t9-/m0/s1. The van der Waals surface area contributed by atoms with Gasteiger partial charge in [-0.25, -0.2) is 15.2 Å². The number of imide groups is 1. The van der Waals surface area contributed by atoms with Crippen molar-refractivity contribution >= 4 is 35.5 Å². The molecule has 140 valence electrons. The molecule has 1 aromatic rings. The minimum Gasteiger partial charge on any atom is -0.480 e. The predicted octanol–water partition coefficient (Wildman–Crippen LogP) is -1.79. The van der Waals surface area contributed by atoms with Gasteiger partial charge >= 0.3 is 12.0 Å². The number of aliphatic imine (C=N–C) groups is 1. The summed E-state index contributed by atoms with van der Waals surface area (Å²) in [4.78, 5) is 50.6. The van der Waals surface area contributed by atoms with Gasteiger partial charge in [0.1, 0.15) is 6.04 Å². The van der Waals surface area contributed by atoms with Gasteiger partial charge in [-0.15, -0.1) is 0 Å². The molecular weight excluding hydrogens is 346 g/mol. The van der Waals surface area contributed by atoms with E-state index in [1.54, 1.807) is 6.07 Å². The molecule has 4 amide bonds. The first kappa shape index (κ1) is 20.4. The van der Waals surface area contributed by atoms with Crippen molar-refractivity contribution in [1.82, 2.24) is 15.8 Å². The molecule has 9 N–H and O–H groups in total. The molecule has 26 heavy (non-hydrogen) atoms. The second-order valence-corrected chi connectivity index (χ2v) is 5.09. The number of guanidine groups is 1. The molecular formula is C14H19N7O5. The van der Waals surface area contributed by atoms with E-state index < -0.39 is 36.3 Å². The van der Waals surface area contributed by atoms with Gasteiger partial charge in [-0.3, -0.25) is 24.7 Å². The lowest BCUT2D eigenvalue weighted by Gasteiger charge is -2.19. The van der Waals surface area contributed by atoms with Gasteiger partial charge in [0.25, 0.3) is 5.91 Å². The summed E-state index contributed by atoms with van der Waals surface area (Å²) in [5.41, 5.74) is 20.0. The SMILES string of the molecule is CN(C(=O)NN[C@@H](CC(N)=O)C(=O)O)C(=O)c1cccc(N=C(N)N)c1. The van der Waals surface area contributed by atoms with E-state index in [1.807, 2.05) is 5.43 Å². The van der Waals surface area contributed by atoms with Crippen molar-refractivity contribution in [3.8, 4) is 0 Å². The van der Waals surface area contributed by atoms with Crippen LogP contribution in [0.5, 0.6) is 0 Å². The van der Waals surface area contributed by atoms with Crippen molar-refractivity contribution in [2.24, 2.45) is 22.2 Å². The Morgan fingerprint density at radius 3 is 2.42 bits per heavy atom. The van der Waals surface area contributed by atoms with Gasteiger partial charge in [0.05, 0.1) is 12.1 Å². The van der Waals surface area contributed by atoms with Crippen molar-refractivity contribution in [3.63, 3.8) is 0 Å². The molecule has 0 unspecified atom stereocenters. The summed E-state index contributed by atoms with van der Waals surface area (Å²) in [7, 11) is 1.18. The molecule has 0 aliphatic rings. The average Bonchev–Trinajstić information content (AvgIpc) is 2.56. The average molecular weight is 365 g/mol. The van der Waals surface area contributed by atoms with Crippen LogP contribution in [-0.4, -0.2) is 52.9 Å². The fraction of sp³-hybridized carbons (Fsp3) is 0.214. The number of hydrazine groups is 1. The number of hydrogen-bond donors (Lipinski definition) is 6. The van der Waals surface area contributed by atoms with Gasteiger partial charge in [-0.2, -0.15) is 0 Å². The normalized spacial score (nSPS) is 11.1. The number of primary amides is 1. The van der Waals surface area contributed by atoms with Crippen molar-refractivity contribution in [2.75, 3.05) is 7.05 Å². The molecule has 0 heterocycles. The van der Waals surface area contributed by atoms with Crippen LogP contribution >= 0.6 is 0 Å². The minimum atomic E-state index is -1.44. The minimum absolute atomic E-state index is 0.122. The van der Waals surface area contributed by atoms with Crippen LogP contribution in [0.1, 0.15) is 16.8 Å². The number of hydrogen-bond acceptors (Lipinski definition) is 6. The number of urea groups is 1. The molecule has 0 aliphatic carbocycles. The Hall–Kier alpha value is -3.67. The maximum Gasteiger partial charge on any atom is 0.338 e. The third kappa shape index (κ3) is 6.09. The lowest BCUT2D eigenvalue weighted by molar-refractivity contribution is -0.141. The van der Waals surface area contributed by atoms with E-state index in [0.717, 1.165) is 0 Å². The van der Waals surface area contributed by atoms with E-state index in [4.69, 9.17) is 22.3 Å². The van der Waals surface area contributed by atoms with Crippen molar-refractivity contribution < 1.29 is 24.3 Å². The lowest BCUT2D eigenvalue weighted by Crippen LogP contribution is -2.53. The molecule has 0 fully saturated rings. The van der Waals surface area contributed by atoms with Gasteiger partial charge < -0.3 is 22.3 Å². The second kappa shape index (κ2) is 8.98. The van der Waals surface area contributed by atoms with E-state index in [2.05, 4.69) is 10.4 Å². The highest BCUT2D eigenvalue weighted by molar-refractivity contribution is 6.04. The van der Waals surface area contributed by atoms with Crippen LogP contribution < -0.4 is 28.1 Å². The van der Waals surface area contributed by atoms with Crippen LogP contribution in [0.15, 0.2) is 29.3 Å². The van der Waals surface area contributed by atoms with Gasteiger partial charge in [-0.05, 0) is 18.2 Å². The second-order valence-electron chi connectivity index (χ2n) is 5.09. The summed E-state index contributed by atoms with van der Waals surface area (Å²) in [5.74, 6) is -3.17. The molecule has 0 bridgehead atoms. The van der Waals surface area contributed by atoms with Crippen LogP contribution in [-0.2, 0) is 9.59 Å². The summed E-state index contributed by atoms with van der Waals surface area (Å²) in [6.45, 7) is 0. The van der Waals surface area contributed by atoms with Gasteiger partial charge in [0, 0.05) is 12.6 Å². The molecule has 12 heteroatoms. The number of amides is 4. The van der Waals surface area contributed by atoms with E-state index in [-0.39, 0.29) is 11.5 Å². The van der Waals surface area contributed by atoms with Crippen molar-refractivity contribution in [1.29, 1.82) is 0 Å². The van der Waals surface area contributed by atoms with Gasteiger partial charge in [-0.1, -0.05) is 6.07 Å². The highest BCUT2D eigenvalue weighted by atomic mass is 16.4. The maximum absolute atomic E-state index is 12.3. The number of nitrogens with one attached hydrogen (secondary N) is 2. The molecule has 0 aliphatic heterocycles. The molecule has 12 nitrogen and oxygen atoms in total. The molecule has 0 spiro atoms. The first-order chi connectivity index (χ1) is 12.1. The lowest BCUT2D eigenvalue weighted by atomic mass is 10.2. The van der Waals surface area contributed by atoms with Gasteiger partial charge in [0.15, 0.2) is 5.96 Å². The summed E-state index contributed by atoms with van der Waals surface area (Å²) >= 11 is 0. The fourth-order valence-corrected chi connectivity index (χ4v) is 1.78. The number of aliphatic carboxylic acids is 1. The fourth-order valence-electron chi connectivity index (χ4n) is 1.78. The Bertz CT molecular complexity index is 745. The summed E-state index contributed by atoms with van der Waals surface area (Å²) in [6.07, 6.45) is -0.548. The summed E-state index contributed by atoms with van der Waals surface area (Å²) < 4.78 is 0. The van der Waals surface area contributed by atoms with E-state index in [0.29, 0.717) is 10.6 Å². The molecule has 1 aromatic carbocycles. The Kier molecular flexibility index (Phi) is 7.04. The summed E-state index contributed by atoms with van der Waals surface area (Å²) in [6, 6.07) is 3.50. The zero-order valence-corrected chi connectivity index (χ0v) is 13.8. The first-order valence-electron chi connectivity index (χ1n) is 7.16. The zero-order chi connectivity index (χ0) is 19.9. The molecule has 0 radical (unpaired) electrons. The monoisotopic (exact) mass is 365 g/mol. The number of carboxylic acids is 1. The summed E-state index contributed by atoms with van der Waals surface area (Å²) in [5, 5.41) is 8.93. The number of benzene rings is 1. The molecule has 0 saturated heterocycles. The van der Waals surface area contributed by atoms with Crippen LogP contribution in [0.25, 0.3) is 0 Å². The Morgan fingerprint density at radius 1 is 1.23 bits per heavy atom. The first-order valence-corrected chi connectivity index (χ1v) is 7.16. The van der Waals surface area contributed by atoms with Crippen LogP contribution in [0, 0.1) is 0 Å². The largest absolute Gasteiger partial charge is 0.480 e. The number of carboxylic acid groups (broad SMARTS) is 1. The van der Waals surface area contributed by atoms with Crippen molar-refractivity contribution in [2.45, 2.75) is 12.5 Å². The van der Waals surface area contributed by atoms with Crippen LogP contribution in [0.4, 0.5) is 10.5 Å². The molecule has 1 atom stereocenters. The number of carbonyl (C=O) groups is 4. The van der Waals surface area contributed by atoms with Crippen LogP contribution in [0.2, 0.25) is 0 Å². The molecule has 0 saturated carbocycles. The third-order valence-corrected chi connectivity index (χ3v) is 3.02. The highest BCUT2D eigenvalue weighted by Crippen LogP contribution is 2.15. The topological polar surface area (TPSA) is 206 Å². The number of carbonyl (C=O) groups excluding carboxylic acids is 3. The Morgan fingerprint density at radius 2 is 1.88 bits per heavy atom. The number of rotatable bonds is 7. The van der Waals surface area contributed by atoms with Crippen LogP contribution in [0.3, 0.4) is 0 Å². The van der Waals surface area contributed by atoms with E-state index >= 15 is 0 Å². The number of nitrogens with two attached hydrogens (primary N) is 3. The zero-order valence-electron chi connectivity index (χ0n) is 13.8. The quantitative estimate of drug-likeness (QED) is 0.184. The molecule has 1 rings (SSSR count).